The van der Waals surface area contributed by atoms with Crippen LogP contribution in [-0.4, -0.2) is 62.2 Å². The Morgan fingerprint density at radius 2 is 1.71 bits per heavy atom. The molecule has 0 bridgehead atoms. The molecule has 1 aromatic heterocycles. The number of halogens is 5. The number of hydrogen-bond acceptors (Lipinski definition) is 5. The van der Waals surface area contributed by atoms with Gasteiger partial charge in [0.25, 0.3) is 5.91 Å². The van der Waals surface area contributed by atoms with Crippen LogP contribution in [0.5, 0.6) is 0 Å². The van der Waals surface area contributed by atoms with Crippen molar-refractivity contribution in [2.45, 2.75) is 83.7 Å². The number of aliphatic carboxylic acids is 1. The van der Waals surface area contributed by atoms with Gasteiger partial charge in [-0.25, -0.2) is 0 Å². The van der Waals surface area contributed by atoms with E-state index >= 15 is 0 Å². The number of carboxylic acids is 1. The van der Waals surface area contributed by atoms with Gasteiger partial charge in [-0.3, -0.25) is 19.1 Å². The minimum Gasteiger partial charge on any atom is -0.481 e. The second-order valence-electron chi connectivity index (χ2n) is 11.9. The molecule has 0 unspecified atom stereocenters. The minimum atomic E-state index is -4.94. The molecule has 0 spiro atoms. The summed E-state index contributed by atoms with van der Waals surface area (Å²) in [4.78, 5) is 39.7. The van der Waals surface area contributed by atoms with E-state index in [0.29, 0.717) is 12.0 Å². The highest BCUT2D eigenvalue weighted by atomic mass is 35.5. The van der Waals surface area contributed by atoms with Crippen molar-refractivity contribution in [1.29, 1.82) is 0 Å². The van der Waals surface area contributed by atoms with E-state index < -0.39 is 64.8 Å². The molecule has 1 saturated carbocycles. The Kier molecular flexibility index (Phi) is 8.57. The Morgan fingerprint density at radius 3 is 2.20 bits per heavy atom. The smallest absolute Gasteiger partial charge is 0.433 e. The third-order valence-corrected chi connectivity index (χ3v) is 8.53. The fraction of sp³-hybridized carbons (Fsp3) is 0.571. The largest absolute Gasteiger partial charge is 0.481 e. The highest BCUT2D eigenvalue weighted by Gasteiger charge is 2.46. The molecule has 224 valence electrons. The lowest BCUT2D eigenvalue weighted by molar-refractivity contribution is -0.187. The third-order valence-electron chi connectivity index (χ3n) is 7.93. The Balaban J connectivity index is 1.66. The van der Waals surface area contributed by atoms with Crippen LogP contribution in [0.2, 0.25) is 10.0 Å². The van der Waals surface area contributed by atoms with Gasteiger partial charge in [-0.15, -0.1) is 0 Å². The molecule has 41 heavy (non-hydrogen) atoms. The molecular weight excluding hydrogens is 586 g/mol. The quantitative estimate of drug-likeness (QED) is 0.334. The average Bonchev–Trinajstić information content (AvgIpc) is 3.27. The van der Waals surface area contributed by atoms with Gasteiger partial charge in [0.1, 0.15) is 0 Å². The zero-order chi connectivity index (χ0) is 30.5. The van der Waals surface area contributed by atoms with Gasteiger partial charge in [0.15, 0.2) is 11.5 Å². The van der Waals surface area contributed by atoms with Crippen LogP contribution in [-0.2, 0) is 15.7 Å². The first-order chi connectivity index (χ1) is 18.9. The van der Waals surface area contributed by atoms with Gasteiger partial charge in [0.2, 0.25) is 0 Å². The molecule has 1 amide bonds. The molecule has 4 rings (SSSR count). The highest BCUT2D eigenvalue weighted by molar-refractivity contribution is 6.40. The second-order valence-corrected chi connectivity index (χ2v) is 12.7. The predicted octanol–water partition coefficient (Wildman–Crippen LogP) is 6.62. The summed E-state index contributed by atoms with van der Waals surface area (Å²) in [6.45, 7) is 6.29. The Morgan fingerprint density at radius 1 is 1.15 bits per heavy atom. The van der Waals surface area contributed by atoms with Crippen molar-refractivity contribution in [2.24, 2.45) is 5.41 Å². The van der Waals surface area contributed by atoms with Gasteiger partial charge in [-0.05, 0) is 71.1 Å². The van der Waals surface area contributed by atoms with Crippen molar-refractivity contribution in [3.05, 3.63) is 50.8 Å². The zero-order valence-corrected chi connectivity index (χ0v) is 24.7. The van der Waals surface area contributed by atoms with Gasteiger partial charge in [0.05, 0.1) is 57.1 Å². The molecule has 1 N–H and O–H groups in total. The standard InChI is InChI=1S/C28H32Cl2F3N3O5/c1-15-9-19(29)22(20(30)10-15)21(37)14-35(13-17-11-26(2,3)41-17)24(38)18-12-34-36(23(18)28(31,32)33)16-5-7-27(4,8-6-16)25(39)40/h9-10,12,16-17H,5-8,11,13-14H2,1-4H3,(H,39,40)/t16-,17-,27-/m1/s1. The van der Waals surface area contributed by atoms with Crippen LogP contribution in [0.25, 0.3) is 0 Å². The molecular formula is C28H32Cl2F3N3O5. The molecule has 0 radical (unpaired) electrons. The number of ether oxygens (including phenoxy) is 1. The van der Waals surface area contributed by atoms with Crippen molar-refractivity contribution >= 4 is 40.9 Å². The van der Waals surface area contributed by atoms with Crippen LogP contribution in [0, 0.1) is 12.3 Å². The summed E-state index contributed by atoms with van der Waals surface area (Å²) in [6.07, 6.45) is -3.39. The molecule has 1 aromatic carbocycles. The maximum Gasteiger partial charge on any atom is 0.433 e. The molecule has 2 heterocycles. The SMILES string of the molecule is Cc1cc(Cl)c(C(=O)CN(C[C@H]2CC(C)(C)O2)C(=O)c2cnn([C@H]3CC[C@](C)(C(=O)O)CC3)c2C(F)(F)F)c(Cl)c1. The number of rotatable bonds is 8. The Hall–Kier alpha value is -2.63. The maximum atomic E-state index is 14.5. The number of ketones is 1. The fourth-order valence-corrected chi connectivity index (χ4v) is 6.53. The van der Waals surface area contributed by atoms with Gasteiger partial charge >= 0.3 is 12.1 Å². The van der Waals surface area contributed by atoms with E-state index in [9.17, 15) is 32.7 Å². The number of hydrogen-bond donors (Lipinski definition) is 1. The van der Waals surface area contributed by atoms with Gasteiger partial charge in [-0.1, -0.05) is 23.2 Å². The van der Waals surface area contributed by atoms with Crippen molar-refractivity contribution in [2.75, 3.05) is 13.1 Å². The molecule has 2 fully saturated rings. The summed E-state index contributed by atoms with van der Waals surface area (Å²) in [7, 11) is 0. The van der Waals surface area contributed by atoms with Crippen LogP contribution in [0.4, 0.5) is 13.2 Å². The summed E-state index contributed by atoms with van der Waals surface area (Å²) in [5, 5.41) is 13.6. The molecule has 1 aliphatic heterocycles. The first-order valence-electron chi connectivity index (χ1n) is 13.3. The van der Waals surface area contributed by atoms with Gasteiger partial charge < -0.3 is 14.7 Å². The molecule has 1 aliphatic carbocycles. The monoisotopic (exact) mass is 617 g/mol. The lowest BCUT2D eigenvalue weighted by Gasteiger charge is -2.44. The number of alkyl halides is 3. The van der Waals surface area contributed by atoms with Gasteiger partial charge in [-0.2, -0.15) is 18.3 Å². The summed E-state index contributed by atoms with van der Waals surface area (Å²) in [6, 6.07) is 2.34. The van der Waals surface area contributed by atoms with E-state index in [-0.39, 0.29) is 47.8 Å². The number of aromatic nitrogens is 2. The molecule has 2 aliphatic rings. The predicted molar refractivity (Wildman–Crippen MR) is 145 cm³/mol. The summed E-state index contributed by atoms with van der Waals surface area (Å²) in [5.74, 6) is -2.66. The topological polar surface area (TPSA) is 102 Å². The first kappa shape index (κ1) is 31.3. The summed E-state index contributed by atoms with van der Waals surface area (Å²) >= 11 is 12.5. The number of aryl methyl sites for hydroxylation is 1. The van der Waals surface area contributed by atoms with E-state index in [1.807, 2.05) is 13.8 Å². The fourth-order valence-electron chi connectivity index (χ4n) is 5.72. The number of carbonyl (C=O) groups excluding carboxylic acids is 2. The van der Waals surface area contributed by atoms with E-state index in [0.717, 1.165) is 15.8 Å². The lowest BCUT2D eigenvalue weighted by atomic mass is 9.74. The van der Waals surface area contributed by atoms with Crippen LogP contribution in [0.1, 0.15) is 90.9 Å². The normalized spacial score (nSPS) is 24.0. The lowest BCUT2D eigenvalue weighted by Crippen LogP contribution is -2.53. The average molecular weight is 618 g/mol. The van der Waals surface area contributed by atoms with E-state index in [1.54, 1.807) is 13.8 Å². The Bertz CT molecular complexity index is 1340. The number of benzene rings is 1. The summed E-state index contributed by atoms with van der Waals surface area (Å²) < 4.78 is 50.0. The number of carboxylic acid groups (broad SMARTS) is 1. The number of nitrogens with zero attached hydrogens (tertiary/aromatic N) is 3. The second kappa shape index (κ2) is 11.2. The molecule has 1 saturated heterocycles. The number of carbonyl (C=O) groups is 3. The molecule has 2 aromatic rings. The molecule has 1 atom stereocenters. The zero-order valence-electron chi connectivity index (χ0n) is 23.1. The van der Waals surface area contributed by atoms with Gasteiger partial charge in [0, 0.05) is 13.0 Å². The van der Waals surface area contributed by atoms with Crippen molar-refractivity contribution < 1.29 is 37.4 Å². The van der Waals surface area contributed by atoms with Crippen molar-refractivity contribution in [3.8, 4) is 0 Å². The van der Waals surface area contributed by atoms with Crippen LogP contribution >= 0.6 is 23.2 Å². The van der Waals surface area contributed by atoms with Crippen LogP contribution < -0.4 is 0 Å². The van der Waals surface area contributed by atoms with E-state index in [2.05, 4.69) is 5.10 Å². The Labute approximate surface area is 245 Å². The summed E-state index contributed by atoms with van der Waals surface area (Å²) in [5.41, 5.74) is -2.74. The number of amides is 1. The van der Waals surface area contributed by atoms with Crippen molar-refractivity contribution in [3.63, 3.8) is 0 Å². The highest BCUT2D eigenvalue weighted by Crippen LogP contribution is 2.43. The minimum absolute atomic E-state index is 0.0259. The number of Topliss-reactive ketones (excluding diaryl/α,β-unsaturated/α-hetero) is 1. The van der Waals surface area contributed by atoms with Crippen LogP contribution in [0.15, 0.2) is 18.3 Å². The van der Waals surface area contributed by atoms with E-state index in [1.165, 1.54) is 12.1 Å². The van der Waals surface area contributed by atoms with Crippen LogP contribution in [0.3, 0.4) is 0 Å². The van der Waals surface area contributed by atoms with E-state index in [4.69, 9.17) is 27.9 Å². The molecule has 13 heteroatoms. The van der Waals surface area contributed by atoms with Crippen molar-refractivity contribution in [1.82, 2.24) is 14.7 Å². The maximum absolute atomic E-state index is 14.5. The third kappa shape index (κ3) is 6.57. The first-order valence-corrected chi connectivity index (χ1v) is 14.0. The molecule has 8 nitrogen and oxygen atoms in total.